The fourth-order valence-electron chi connectivity index (χ4n) is 2.65. The van der Waals surface area contributed by atoms with Crippen LogP contribution in [0, 0.1) is 0 Å². The number of benzene rings is 1. The zero-order valence-electron chi connectivity index (χ0n) is 11.9. The summed E-state index contributed by atoms with van der Waals surface area (Å²) >= 11 is 0. The average Bonchev–Trinajstić information content (AvgIpc) is 2.46. The second-order valence-corrected chi connectivity index (χ2v) is 4.98. The summed E-state index contributed by atoms with van der Waals surface area (Å²) in [4.78, 5) is 2.09. The summed E-state index contributed by atoms with van der Waals surface area (Å²) in [5.41, 5.74) is 8.94. The molecule has 2 rings (SSSR count). The molecule has 0 spiro atoms. The maximum Gasteiger partial charge on any atom is 0.184 e. The van der Waals surface area contributed by atoms with E-state index in [1.165, 1.54) is 0 Å². The molecule has 4 N–H and O–H groups in total. The molecule has 1 unspecified atom stereocenters. The first-order valence-electron chi connectivity index (χ1n) is 6.64. The molecule has 1 atom stereocenters. The van der Waals surface area contributed by atoms with Gasteiger partial charge in [0.15, 0.2) is 11.5 Å². The van der Waals surface area contributed by atoms with Gasteiger partial charge in [0.05, 0.1) is 32.6 Å². The number of hydrogen-bond donors (Lipinski definition) is 3. The second-order valence-electron chi connectivity index (χ2n) is 4.98. The number of ether oxygens (including phenoxy) is 2. The third-order valence-electron chi connectivity index (χ3n) is 3.66. The molecule has 20 heavy (non-hydrogen) atoms. The molecule has 1 aliphatic rings. The van der Waals surface area contributed by atoms with Crippen LogP contribution in [0.4, 0.5) is 5.69 Å². The van der Waals surface area contributed by atoms with Gasteiger partial charge in [0.2, 0.25) is 0 Å². The average molecular weight is 282 g/mol. The van der Waals surface area contributed by atoms with E-state index in [2.05, 4.69) is 4.90 Å². The molecule has 0 radical (unpaired) electrons. The molecule has 1 aromatic carbocycles. The van der Waals surface area contributed by atoms with Crippen molar-refractivity contribution in [1.29, 1.82) is 0 Å². The van der Waals surface area contributed by atoms with Gasteiger partial charge in [0.25, 0.3) is 0 Å². The van der Waals surface area contributed by atoms with Crippen molar-refractivity contribution in [2.24, 2.45) is 0 Å². The van der Waals surface area contributed by atoms with E-state index >= 15 is 0 Å². The van der Waals surface area contributed by atoms with E-state index in [9.17, 15) is 5.11 Å². The van der Waals surface area contributed by atoms with Crippen LogP contribution in [-0.2, 0) is 13.0 Å². The first-order chi connectivity index (χ1) is 9.60. The van der Waals surface area contributed by atoms with Gasteiger partial charge in [-0.3, -0.25) is 4.90 Å². The van der Waals surface area contributed by atoms with Crippen LogP contribution < -0.4 is 15.2 Å². The summed E-state index contributed by atoms with van der Waals surface area (Å²) in [5, 5.41) is 18.5. The normalized spacial score (nSPS) is 16.6. The van der Waals surface area contributed by atoms with E-state index in [0.717, 1.165) is 24.1 Å². The number of methoxy groups -OCH3 is 2. The lowest BCUT2D eigenvalue weighted by Gasteiger charge is -2.31. The Labute approximate surface area is 118 Å². The number of aliphatic hydroxyl groups excluding tert-OH is 2. The summed E-state index contributed by atoms with van der Waals surface area (Å²) in [6.45, 7) is 1.70. The number of nitrogens with two attached hydrogens (primary N) is 1. The number of β-amino-alcohol motifs (C(OH)–C–C–N with tert-alkyl or cyclic N) is 1. The van der Waals surface area contributed by atoms with Gasteiger partial charge in [0.1, 0.15) is 0 Å². The lowest BCUT2D eigenvalue weighted by Crippen LogP contribution is -2.38. The highest BCUT2D eigenvalue weighted by Gasteiger charge is 2.24. The molecule has 0 saturated heterocycles. The predicted molar refractivity (Wildman–Crippen MR) is 76.0 cm³/mol. The van der Waals surface area contributed by atoms with Gasteiger partial charge in [-0.25, -0.2) is 0 Å². The summed E-state index contributed by atoms with van der Waals surface area (Å²) in [6.07, 6.45) is 0.0775. The van der Waals surface area contributed by atoms with E-state index in [1.54, 1.807) is 14.2 Å². The summed E-state index contributed by atoms with van der Waals surface area (Å²) in [7, 11) is 3.16. The van der Waals surface area contributed by atoms with Crippen molar-refractivity contribution >= 4 is 5.69 Å². The number of rotatable bonds is 5. The topological polar surface area (TPSA) is 88.2 Å². The first-order valence-corrected chi connectivity index (χ1v) is 6.64. The zero-order valence-corrected chi connectivity index (χ0v) is 11.9. The molecule has 0 saturated carbocycles. The van der Waals surface area contributed by atoms with Crippen molar-refractivity contribution < 1.29 is 19.7 Å². The minimum absolute atomic E-state index is 0.225. The molecular formula is C14H22N2O4. The molecule has 0 amide bonds. The van der Waals surface area contributed by atoms with E-state index in [-0.39, 0.29) is 6.61 Å². The lowest BCUT2D eigenvalue weighted by atomic mass is 9.96. The number of aliphatic hydroxyl groups is 2. The molecule has 6 nitrogen and oxygen atoms in total. The smallest absolute Gasteiger partial charge is 0.184 e. The third-order valence-corrected chi connectivity index (χ3v) is 3.66. The second kappa shape index (κ2) is 6.30. The van der Waals surface area contributed by atoms with E-state index in [4.69, 9.17) is 20.3 Å². The van der Waals surface area contributed by atoms with Gasteiger partial charge in [0, 0.05) is 19.6 Å². The molecule has 0 aliphatic carbocycles. The summed E-state index contributed by atoms with van der Waals surface area (Å²) < 4.78 is 10.6. The minimum Gasteiger partial charge on any atom is -0.493 e. The SMILES string of the molecule is COc1cc2c(c(N)c1OC)CCN(CC(O)CO)C2. The quantitative estimate of drug-likeness (QED) is 0.659. The van der Waals surface area contributed by atoms with Crippen molar-refractivity contribution in [3.8, 4) is 11.5 Å². The number of hydrogen-bond acceptors (Lipinski definition) is 6. The third kappa shape index (κ3) is 2.82. The van der Waals surface area contributed by atoms with Gasteiger partial charge in [-0.1, -0.05) is 0 Å². The Balaban J connectivity index is 2.26. The first kappa shape index (κ1) is 14.9. The van der Waals surface area contributed by atoms with Gasteiger partial charge in [-0.15, -0.1) is 0 Å². The van der Waals surface area contributed by atoms with Crippen LogP contribution in [0.15, 0.2) is 6.07 Å². The Morgan fingerprint density at radius 3 is 2.75 bits per heavy atom. The van der Waals surface area contributed by atoms with E-state index in [0.29, 0.717) is 30.3 Å². The van der Waals surface area contributed by atoms with Crippen LogP contribution in [0.5, 0.6) is 11.5 Å². The lowest BCUT2D eigenvalue weighted by molar-refractivity contribution is 0.0551. The van der Waals surface area contributed by atoms with Crippen LogP contribution in [-0.4, -0.2) is 55.1 Å². The van der Waals surface area contributed by atoms with Crippen LogP contribution >= 0.6 is 0 Å². The van der Waals surface area contributed by atoms with Crippen LogP contribution in [0.3, 0.4) is 0 Å². The van der Waals surface area contributed by atoms with Crippen molar-refractivity contribution in [2.45, 2.75) is 19.1 Å². The standard InChI is InChI=1S/C14H22N2O4/c1-19-12-5-9-6-16(7-10(18)8-17)4-3-11(9)13(15)14(12)20-2/h5,10,17-18H,3-4,6-8,15H2,1-2H3. The van der Waals surface area contributed by atoms with Gasteiger partial charge >= 0.3 is 0 Å². The molecule has 0 bridgehead atoms. The Hall–Kier alpha value is -1.50. The fourth-order valence-corrected chi connectivity index (χ4v) is 2.65. The van der Waals surface area contributed by atoms with Crippen molar-refractivity contribution in [2.75, 3.05) is 39.6 Å². The monoisotopic (exact) mass is 282 g/mol. The highest BCUT2D eigenvalue weighted by atomic mass is 16.5. The number of nitrogen functional groups attached to an aromatic ring is 1. The number of anilines is 1. The summed E-state index contributed by atoms with van der Waals surface area (Å²) in [5.74, 6) is 1.20. The Bertz CT molecular complexity index is 479. The highest BCUT2D eigenvalue weighted by Crippen LogP contribution is 2.40. The fraction of sp³-hybridized carbons (Fsp3) is 0.571. The predicted octanol–water partition coefficient (Wildman–Crippen LogP) is -0.00270. The van der Waals surface area contributed by atoms with Crippen LogP contribution in [0.1, 0.15) is 11.1 Å². The van der Waals surface area contributed by atoms with Crippen molar-refractivity contribution in [1.82, 2.24) is 4.90 Å². The van der Waals surface area contributed by atoms with E-state index in [1.807, 2.05) is 6.07 Å². The molecule has 6 heteroatoms. The van der Waals surface area contributed by atoms with Crippen molar-refractivity contribution in [3.05, 3.63) is 17.2 Å². The van der Waals surface area contributed by atoms with Gasteiger partial charge in [-0.2, -0.15) is 0 Å². The maximum atomic E-state index is 9.53. The minimum atomic E-state index is -0.714. The molecule has 0 fully saturated rings. The van der Waals surface area contributed by atoms with Gasteiger partial charge in [-0.05, 0) is 23.6 Å². The maximum absolute atomic E-state index is 9.53. The summed E-state index contributed by atoms with van der Waals surface area (Å²) in [6, 6.07) is 1.93. The van der Waals surface area contributed by atoms with Gasteiger partial charge < -0.3 is 25.4 Å². The molecular weight excluding hydrogens is 260 g/mol. The van der Waals surface area contributed by atoms with Crippen LogP contribution in [0.2, 0.25) is 0 Å². The Kier molecular flexibility index (Phi) is 4.69. The largest absolute Gasteiger partial charge is 0.493 e. The van der Waals surface area contributed by atoms with Crippen molar-refractivity contribution in [3.63, 3.8) is 0 Å². The highest BCUT2D eigenvalue weighted by molar-refractivity contribution is 5.68. The Morgan fingerprint density at radius 1 is 1.40 bits per heavy atom. The molecule has 0 aromatic heterocycles. The van der Waals surface area contributed by atoms with Crippen LogP contribution in [0.25, 0.3) is 0 Å². The Morgan fingerprint density at radius 2 is 2.15 bits per heavy atom. The van der Waals surface area contributed by atoms with E-state index < -0.39 is 6.10 Å². The molecule has 1 aliphatic heterocycles. The molecule has 112 valence electrons. The molecule has 1 heterocycles. The molecule has 1 aromatic rings. The zero-order chi connectivity index (χ0) is 14.7. The number of nitrogens with zero attached hydrogens (tertiary/aromatic N) is 1. The number of fused-ring (bicyclic) bond motifs is 1.